The summed E-state index contributed by atoms with van der Waals surface area (Å²) in [6, 6.07) is 17.5. The maximum atomic E-state index is 13.8. The highest BCUT2D eigenvalue weighted by Crippen LogP contribution is 2.33. The van der Waals surface area contributed by atoms with E-state index in [9.17, 15) is 36.0 Å². The Kier molecular flexibility index (Phi) is 8.49. The average Bonchev–Trinajstić information content (AvgIpc) is 3.33. The Balaban J connectivity index is 1.78. The van der Waals surface area contributed by atoms with Crippen molar-refractivity contribution in [3.63, 3.8) is 0 Å². The van der Waals surface area contributed by atoms with Crippen molar-refractivity contribution in [3.05, 3.63) is 95.1 Å². The predicted octanol–water partition coefficient (Wildman–Crippen LogP) is 5.62. The van der Waals surface area contributed by atoms with Crippen LogP contribution < -0.4 is 0 Å². The van der Waals surface area contributed by atoms with E-state index in [-0.39, 0.29) is 23.6 Å². The molecule has 1 aromatic heterocycles. The molecule has 0 aliphatic heterocycles. The van der Waals surface area contributed by atoms with Crippen molar-refractivity contribution in [2.45, 2.75) is 32.5 Å². The number of alkyl halides is 3. The van der Waals surface area contributed by atoms with Gasteiger partial charge in [0.15, 0.2) is 9.84 Å². The number of aromatic nitrogens is 2. The summed E-state index contributed by atoms with van der Waals surface area (Å²) in [5.41, 5.74) is 0.813. The topological polar surface area (TPSA) is 96.1 Å². The number of imidazole rings is 1. The Labute approximate surface area is 234 Å². The van der Waals surface area contributed by atoms with Crippen molar-refractivity contribution >= 4 is 26.8 Å². The van der Waals surface area contributed by atoms with Crippen LogP contribution in [0.1, 0.15) is 42.4 Å². The van der Waals surface area contributed by atoms with Crippen LogP contribution in [0.4, 0.5) is 17.6 Å². The normalized spacial score (nSPS) is 12.7. The number of halogens is 4. The number of fused-ring (bicyclic) bond motifs is 1. The average molecular weight is 587 g/mol. The van der Waals surface area contributed by atoms with E-state index in [0.29, 0.717) is 40.2 Å². The van der Waals surface area contributed by atoms with Crippen LogP contribution in [0.25, 0.3) is 16.7 Å². The molecule has 7 nitrogen and oxygen atoms in total. The second-order valence-electron chi connectivity index (χ2n) is 9.44. The molecule has 0 bridgehead atoms. The van der Waals surface area contributed by atoms with E-state index >= 15 is 0 Å². The van der Waals surface area contributed by atoms with Gasteiger partial charge in [0.2, 0.25) is 5.91 Å². The van der Waals surface area contributed by atoms with E-state index in [1.54, 1.807) is 47.9 Å². The lowest BCUT2D eigenvalue weighted by molar-refractivity contribution is -0.140. The number of carbonyl (C=O) groups is 1. The molecule has 1 atom stereocenters. The monoisotopic (exact) mass is 586 g/mol. The van der Waals surface area contributed by atoms with Crippen LogP contribution in [0.5, 0.6) is 0 Å². The summed E-state index contributed by atoms with van der Waals surface area (Å²) < 4.78 is 80.2. The molecular weight excluding hydrogens is 560 g/mol. The number of benzene rings is 3. The minimum atomic E-state index is -4.95. The SMILES string of the molecule is CCS(=O)(=O)CCN(C(=O)Cc1ccc(F)c(C(F)(F)F)c1)[C@H](C)c1nc2ccccc2n1-c1ccc(C#N)cc1. The molecule has 0 spiro atoms. The standard InChI is InChI=1S/C29H26F4N4O3S/c1-3-41(39,40)15-14-36(27(38)17-21-10-13-24(30)23(16-21)29(31,32)33)19(2)28-35-25-6-4-5-7-26(25)37(28)22-11-8-20(18-34)9-12-22/h4-13,16,19H,3,14-15,17H2,1-2H3/t19-/m1/s1. The highest BCUT2D eigenvalue weighted by Gasteiger charge is 2.35. The molecule has 0 unspecified atom stereocenters. The number of para-hydroxylation sites is 2. The summed E-state index contributed by atoms with van der Waals surface area (Å²) in [5, 5.41) is 9.20. The lowest BCUT2D eigenvalue weighted by Gasteiger charge is -2.30. The van der Waals surface area contributed by atoms with Gasteiger partial charge in [-0.25, -0.2) is 17.8 Å². The zero-order valence-corrected chi connectivity index (χ0v) is 23.0. The summed E-state index contributed by atoms with van der Waals surface area (Å²) in [7, 11) is -3.51. The first-order valence-electron chi connectivity index (χ1n) is 12.7. The van der Waals surface area contributed by atoms with Crippen LogP contribution >= 0.6 is 0 Å². The number of rotatable bonds is 9. The van der Waals surface area contributed by atoms with Gasteiger partial charge in [0.1, 0.15) is 11.6 Å². The van der Waals surface area contributed by atoms with E-state index in [0.717, 1.165) is 6.07 Å². The Morgan fingerprint density at radius 1 is 1.10 bits per heavy atom. The Morgan fingerprint density at radius 2 is 1.78 bits per heavy atom. The van der Waals surface area contributed by atoms with Gasteiger partial charge >= 0.3 is 6.18 Å². The molecule has 41 heavy (non-hydrogen) atoms. The van der Waals surface area contributed by atoms with Gasteiger partial charge in [-0.1, -0.05) is 25.1 Å². The molecule has 214 valence electrons. The molecule has 0 fully saturated rings. The summed E-state index contributed by atoms with van der Waals surface area (Å²) in [6.07, 6.45) is -5.46. The van der Waals surface area contributed by atoms with Crippen molar-refractivity contribution in [1.29, 1.82) is 5.26 Å². The van der Waals surface area contributed by atoms with Crippen molar-refractivity contribution in [2.24, 2.45) is 0 Å². The van der Waals surface area contributed by atoms with Crippen LogP contribution in [-0.4, -0.2) is 46.8 Å². The predicted molar refractivity (Wildman–Crippen MR) is 145 cm³/mol. The Hall–Kier alpha value is -4.24. The maximum Gasteiger partial charge on any atom is 0.419 e. The van der Waals surface area contributed by atoms with Gasteiger partial charge in [-0.15, -0.1) is 0 Å². The summed E-state index contributed by atoms with van der Waals surface area (Å²) >= 11 is 0. The zero-order chi connectivity index (χ0) is 29.9. The molecule has 0 aliphatic rings. The van der Waals surface area contributed by atoms with E-state index in [4.69, 9.17) is 4.98 Å². The third-order valence-electron chi connectivity index (χ3n) is 6.78. The minimum absolute atomic E-state index is 0.0696. The molecule has 4 rings (SSSR count). The second kappa shape index (κ2) is 11.7. The van der Waals surface area contributed by atoms with E-state index in [1.807, 2.05) is 12.1 Å². The summed E-state index contributed by atoms with van der Waals surface area (Å²) in [4.78, 5) is 19.6. The first-order valence-corrected chi connectivity index (χ1v) is 14.5. The van der Waals surface area contributed by atoms with E-state index in [1.165, 1.54) is 11.8 Å². The van der Waals surface area contributed by atoms with Crippen molar-refractivity contribution in [2.75, 3.05) is 18.1 Å². The quantitative estimate of drug-likeness (QED) is 0.237. The van der Waals surface area contributed by atoms with Crippen molar-refractivity contribution < 1.29 is 30.8 Å². The molecule has 1 amide bonds. The fraction of sp³-hybridized carbons (Fsp3) is 0.276. The number of carbonyl (C=O) groups excluding carboxylic acids is 1. The van der Waals surface area contributed by atoms with Gasteiger partial charge in [0, 0.05) is 18.0 Å². The van der Waals surface area contributed by atoms with Crippen LogP contribution in [0.2, 0.25) is 0 Å². The van der Waals surface area contributed by atoms with Crippen molar-refractivity contribution in [3.8, 4) is 11.8 Å². The number of amides is 1. The zero-order valence-electron chi connectivity index (χ0n) is 22.2. The van der Waals surface area contributed by atoms with Gasteiger partial charge in [0.05, 0.1) is 46.4 Å². The molecule has 12 heteroatoms. The molecule has 3 aromatic carbocycles. The first kappa shape index (κ1) is 29.7. The molecule has 0 radical (unpaired) electrons. The molecule has 4 aromatic rings. The molecule has 0 saturated heterocycles. The largest absolute Gasteiger partial charge is 0.419 e. The van der Waals surface area contributed by atoms with Gasteiger partial charge < -0.3 is 4.90 Å². The van der Waals surface area contributed by atoms with E-state index < -0.39 is 45.8 Å². The molecule has 0 saturated carbocycles. The Bertz CT molecular complexity index is 1730. The number of sulfone groups is 1. The van der Waals surface area contributed by atoms with Crippen LogP contribution in [0.15, 0.2) is 66.7 Å². The summed E-state index contributed by atoms with van der Waals surface area (Å²) in [6.45, 7) is 2.90. The minimum Gasteiger partial charge on any atom is -0.331 e. The fourth-order valence-electron chi connectivity index (χ4n) is 4.51. The fourth-order valence-corrected chi connectivity index (χ4v) is 5.28. The van der Waals surface area contributed by atoms with Gasteiger partial charge in [0.25, 0.3) is 0 Å². The summed E-state index contributed by atoms with van der Waals surface area (Å²) in [5.74, 6) is -2.24. The van der Waals surface area contributed by atoms with Crippen LogP contribution in [-0.2, 0) is 27.2 Å². The lowest BCUT2D eigenvalue weighted by Crippen LogP contribution is -2.39. The number of nitrogens with zero attached hydrogens (tertiary/aromatic N) is 4. The lowest BCUT2D eigenvalue weighted by atomic mass is 10.1. The number of hydrogen-bond acceptors (Lipinski definition) is 5. The Morgan fingerprint density at radius 3 is 2.41 bits per heavy atom. The second-order valence-corrected chi connectivity index (χ2v) is 11.9. The van der Waals surface area contributed by atoms with Crippen LogP contribution in [0.3, 0.4) is 0 Å². The molecule has 0 N–H and O–H groups in total. The highest BCUT2D eigenvalue weighted by molar-refractivity contribution is 7.91. The molecule has 1 heterocycles. The van der Waals surface area contributed by atoms with E-state index in [2.05, 4.69) is 6.07 Å². The maximum absolute atomic E-state index is 13.8. The third-order valence-corrected chi connectivity index (χ3v) is 8.46. The third kappa shape index (κ3) is 6.57. The molecule has 0 aliphatic carbocycles. The van der Waals surface area contributed by atoms with Crippen molar-refractivity contribution in [1.82, 2.24) is 14.5 Å². The smallest absolute Gasteiger partial charge is 0.331 e. The van der Waals surface area contributed by atoms with Gasteiger partial charge in [-0.05, 0) is 61.0 Å². The highest BCUT2D eigenvalue weighted by atomic mass is 32.2. The molecular formula is C29H26F4N4O3S. The number of hydrogen-bond donors (Lipinski definition) is 0. The van der Waals surface area contributed by atoms with Gasteiger partial charge in [-0.2, -0.15) is 18.4 Å². The van der Waals surface area contributed by atoms with Gasteiger partial charge in [-0.3, -0.25) is 9.36 Å². The van der Waals surface area contributed by atoms with Crippen LogP contribution in [0, 0.1) is 17.1 Å². The number of nitriles is 1. The first-order chi connectivity index (χ1) is 19.3.